The molecule has 1 N–H and O–H groups in total. The Kier molecular flexibility index (Phi) is 6.77. The monoisotopic (exact) mass is 323 g/mol. The average Bonchev–Trinajstić information content (AvgIpc) is 2.61. The summed E-state index contributed by atoms with van der Waals surface area (Å²) in [5, 5.41) is 2.78. The summed E-state index contributed by atoms with van der Waals surface area (Å²) < 4.78 is 5.24. The van der Waals surface area contributed by atoms with Crippen molar-refractivity contribution in [2.45, 2.75) is 26.0 Å². The van der Waals surface area contributed by atoms with Crippen LogP contribution in [-0.2, 0) is 16.1 Å². The number of ketones is 1. The van der Waals surface area contributed by atoms with Crippen LogP contribution in [0.1, 0.15) is 30.5 Å². The van der Waals surface area contributed by atoms with E-state index in [1.54, 1.807) is 13.0 Å². The van der Waals surface area contributed by atoms with Crippen LogP contribution in [0.4, 0.5) is 4.79 Å². The second kappa shape index (κ2) is 9.30. The third kappa shape index (κ3) is 5.72. The first kappa shape index (κ1) is 17.5. The Morgan fingerprint density at radius 2 is 1.67 bits per heavy atom. The van der Waals surface area contributed by atoms with Gasteiger partial charge in [-0.05, 0) is 24.1 Å². The maximum atomic E-state index is 12.1. The molecule has 0 saturated heterocycles. The van der Waals surface area contributed by atoms with E-state index < -0.39 is 12.1 Å². The quantitative estimate of drug-likeness (QED) is 0.777. The number of allylic oxidation sites excluding steroid dienone is 2. The highest BCUT2D eigenvalue weighted by molar-refractivity contribution is 5.90. The fraction of sp³-hybridized carbons (Fsp3) is 0.200. The lowest BCUT2D eigenvalue weighted by Crippen LogP contribution is -2.30. The summed E-state index contributed by atoms with van der Waals surface area (Å²) in [6.07, 6.45) is 2.85. The summed E-state index contributed by atoms with van der Waals surface area (Å²) in [6.45, 7) is 1.98. The molecule has 0 aromatic heterocycles. The van der Waals surface area contributed by atoms with Gasteiger partial charge in [-0.15, -0.1) is 0 Å². The Balaban J connectivity index is 1.99. The van der Waals surface area contributed by atoms with E-state index in [0.717, 1.165) is 11.1 Å². The third-order valence-corrected chi connectivity index (χ3v) is 3.46. The van der Waals surface area contributed by atoms with Gasteiger partial charge in [0.25, 0.3) is 0 Å². The second-order valence-electron chi connectivity index (χ2n) is 5.34. The lowest BCUT2D eigenvalue weighted by molar-refractivity contribution is -0.115. The minimum atomic E-state index is -0.541. The number of hydrogen-bond donors (Lipinski definition) is 1. The van der Waals surface area contributed by atoms with Gasteiger partial charge in [-0.25, -0.2) is 4.79 Å². The standard InChI is InChI=1S/C20H21NO3/c1-2-9-18(22)14-19(17-12-7-4-8-13-17)21-20(23)24-15-16-10-5-3-6-11-16/h2-13,19H,14-15H2,1H3,(H,21,23)/b9-2+/t19-/m0/s1. The van der Waals surface area contributed by atoms with E-state index in [1.165, 1.54) is 6.08 Å². The summed E-state index contributed by atoms with van der Waals surface area (Å²) in [6, 6.07) is 18.4. The second-order valence-corrected chi connectivity index (χ2v) is 5.34. The highest BCUT2D eigenvalue weighted by Crippen LogP contribution is 2.17. The van der Waals surface area contributed by atoms with Crippen LogP contribution in [0.3, 0.4) is 0 Å². The molecular formula is C20H21NO3. The molecule has 4 nitrogen and oxygen atoms in total. The van der Waals surface area contributed by atoms with Gasteiger partial charge in [0.15, 0.2) is 5.78 Å². The molecule has 124 valence electrons. The van der Waals surface area contributed by atoms with Gasteiger partial charge in [0.2, 0.25) is 0 Å². The number of amides is 1. The largest absolute Gasteiger partial charge is 0.445 e. The molecule has 0 heterocycles. The number of hydrogen-bond acceptors (Lipinski definition) is 3. The summed E-state index contributed by atoms with van der Waals surface area (Å²) in [5.41, 5.74) is 1.78. The molecule has 0 aliphatic carbocycles. The minimum absolute atomic E-state index is 0.0466. The van der Waals surface area contributed by atoms with Crippen molar-refractivity contribution in [3.8, 4) is 0 Å². The van der Waals surface area contributed by atoms with Crippen LogP contribution in [-0.4, -0.2) is 11.9 Å². The molecule has 0 saturated carbocycles. The number of benzene rings is 2. The van der Waals surface area contributed by atoms with Gasteiger partial charge in [0.05, 0.1) is 6.04 Å². The van der Waals surface area contributed by atoms with Gasteiger partial charge in [-0.3, -0.25) is 4.79 Å². The zero-order valence-corrected chi connectivity index (χ0v) is 13.6. The molecule has 0 aliphatic heterocycles. The van der Waals surface area contributed by atoms with Crippen LogP contribution >= 0.6 is 0 Å². The molecule has 1 amide bonds. The van der Waals surface area contributed by atoms with E-state index in [1.807, 2.05) is 60.7 Å². The Hall–Kier alpha value is -2.88. The molecule has 1 atom stereocenters. The number of carbonyl (C=O) groups is 2. The van der Waals surface area contributed by atoms with E-state index in [9.17, 15) is 9.59 Å². The van der Waals surface area contributed by atoms with Crippen molar-refractivity contribution in [3.05, 3.63) is 83.9 Å². The predicted octanol–water partition coefficient (Wildman–Crippen LogP) is 4.19. The molecule has 0 spiro atoms. The lowest BCUT2D eigenvalue weighted by Gasteiger charge is -2.18. The van der Waals surface area contributed by atoms with Crippen LogP contribution in [0.2, 0.25) is 0 Å². The zero-order valence-electron chi connectivity index (χ0n) is 13.6. The Morgan fingerprint density at radius 1 is 1.04 bits per heavy atom. The van der Waals surface area contributed by atoms with Crippen molar-refractivity contribution in [1.29, 1.82) is 0 Å². The first-order valence-electron chi connectivity index (χ1n) is 7.86. The highest BCUT2D eigenvalue weighted by Gasteiger charge is 2.18. The first-order chi connectivity index (χ1) is 11.7. The number of alkyl carbamates (subject to hydrolysis) is 1. The molecule has 2 aromatic rings. The van der Waals surface area contributed by atoms with Gasteiger partial charge in [0.1, 0.15) is 6.61 Å². The zero-order chi connectivity index (χ0) is 17.2. The predicted molar refractivity (Wildman–Crippen MR) is 93.4 cm³/mol. The molecule has 4 heteroatoms. The normalized spacial score (nSPS) is 11.9. The molecule has 0 aliphatic rings. The topological polar surface area (TPSA) is 55.4 Å². The van der Waals surface area contributed by atoms with E-state index in [-0.39, 0.29) is 18.8 Å². The van der Waals surface area contributed by atoms with Crippen LogP contribution in [0, 0.1) is 0 Å². The highest BCUT2D eigenvalue weighted by atomic mass is 16.5. The van der Waals surface area contributed by atoms with E-state index in [2.05, 4.69) is 5.32 Å². The maximum Gasteiger partial charge on any atom is 0.407 e. The summed E-state index contributed by atoms with van der Waals surface area (Å²) >= 11 is 0. The van der Waals surface area contributed by atoms with Crippen LogP contribution in [0.15, 0.2) is 72.8 Å². The van der Waals surface area contributed by atoms with Crippen molar-refractivity contribution in [1.82, 2.24) is 5.32 Å². The molecule has 0 unspecified atom stereocenters. The number of ether oxygens (including phenoxy) is 1. The van der Waals surface area contributed by atoms with Crippen LogP contribution in [0.25, 0.3) is 0 Å². The number of rotatable bonds is 7. The fourth-order valence-electron chi connectivity index (χ4n) is 2.30. The molecule has 24 heavy (non-hydrogen) atoms. The molecule has 0 fully saturated rings. The first-order valence-corrected chi connectivity index (χ1v) is 7.86. The minimum Gasteiger partial charge on any atom is -0.445 e. The van der Waals surface area contributed by atoms with Crippen molar-refractivity contribution in [3.63, 3.8) is 0 Å². The van der Waals surface area contributed by atoms with E-state index in [0.29, 0.717) is 0 Å². The van der Waals surface area contributed by atoms with Gasteiger partial charge >= 0.3 is 6.09 Å². The van der Waals surface area contributed by atoms with Crippen LogP contribution in [0.5, 0.6) is 0 Å². The number of carbonyl (C=O) groups excluding carboxylic acids is 2. The lowest BCUT2D eigenvalue weighted by atomic mass is 10.0. The molecule has 0 bridgehead atoms. The van der Waals surface area contributed by atoms with Gasteiger partial charge in [-0.2, -0.15) is 0 Å². The molecular weight excluding hydrogens is 302 g/mol. The van der Waals surface area contributed by atoms with Crippen molar-refractivity contribution in [2.24, 2.45) is 0 Å². The Labute approximate surface area is 142 Å². The molecule has 2 aromatic carbocycles. The van der Waals surface area contributed by atoms with E-state index >= 15 is 0 Å². The SMILES string of the molecule is C/C=C/C(=O)C[C@H](NC(=O)OCc1ccccc1)c1ccccc1. The third-order valence-electron chi connectivity index (χ3n) is 3.46. The molecule has 0 radical (unpaired) electrons. The van der Waals surface area contributed by atoms with Crippen molar-refractivity contribution in [2.75, 3.05) is 0 Å². The fourth-order valence-corrected chi connectivity index (χ4v) is 2.30. The van der Waals surface area contributed by atoms with Gasteiger partial charge < -0.3 is 10.1 Å². The van der Waals surface area contributed by atoms with Gasteiger partial charge in [-0.1, -0.05) is 66.7 Å². The smallest absolute Gasteiger partial charge is 0.407 e. The maximum absolute atomic E-state index is 12.1. The Morgan fingerprint density at radius 3 is 2.29 bits per heavy atom. The van der Waals surface area contributed by atoms with Crippen molar-refractivity contribution >= 4 is 11.9 Å². The van der Waals surface area contributed by atoms with Gasteiger partial charge in [0, 0.05) is 6.42 Å². The number of nitrogens with one attached hydrogen (secondary N) is 1. The van der Waals surface area contributed by atoms with E-state index in [4.69, 9.17) is 4.74 Å². The average molecular weight is 323 g/mol. The van der Waals surface area contributed by atoms with Crippen molar-refractivity contribution < 1.29 is 14.3 Å². The molecule has 2 rings (SSSR count). The Bertz CT molecular complexity index is 681. The van der Waals surface area contributed by atoms with Crippen LogP contribution < -0.4 is 5.32 Å². The summed E-state index contributed by atoms with van der Waals surface area (Å²) in [4.78, 5) is 24.0. The summed E-state index contributed by atoms with van der Waals surface area (Å²) in [7, 11) is 0. The summed E-state index contributed by atoms with van der Waals surface area (Å²) in [5.74, 6) is -0.0466.